The van der Waals surface area contributed by atoms with Crippen molar-refractivity contribution in [3.05, 3.63) is 91.8 Å². The molecule has 0 bridgehead atoms. The van der Waals surface area contributed by atoms with Gasteiger partial charge in [0.25, 0.3) is 5.56 Å². The first-order valence-corrected chi connectivity index (χ1v) is 10.3. The van der Waals surface area contributed by atoms with Gasteiger partial charge >= 0.3 is 5.69 Å². The van der Waals surface area contributed by atoms with E-state index in [0.29, 0.717) is 35.0 Å². The molecule has 0 radical (unpaired) electrons. The molecule has 0 saturated heterocycles. The smallest absolute Gasteiger partial charge is 0.320 e. The molecule has 4 rings (SSSR count). The average Bonchev–Trinajstić information content (AvgIpc) is 3.12. The molecule has 0 aliphatic rings. The van der Waals surface area contributed by atoms with Gasteiger partial charge in [0.1, 0.15) is 0 Å². The zero-order valence-corrected chi connectivity index (χ0v) is 17.9. The Hall–Kier alpha value is -3.12. The molecular formula is C23H23ClN4O2. The molecule has 0 aliphatic heterocycles. The lowest BCUT2D eigenvalue weighted by Gasteiger charge is -2.15. The van der Waals surface area contributed by atoms with Gasteiger partial charge in [-0.15, -0.1) is 0 Å². The van der Waals surface area contributed by atoms with Crippen molar-refractivity contribution in [3.8, 4) is 5.69 Å². The van der Waals surface area contributed by atoms with Gasteiger partial charge in [-0.1, -0.05) is 61.8 Å². The summed E-state index contributed by atoms with van der Waals surface area (Å²) in [6.45, 7) is 6.62. The molecule has 6 nitrogen and oxygen atoms in total. The van der Waals surface area contributed by atoms with E-state index in [0.717, 1.165) is 11.1 Å². The summed E-state index contributed by atoms with van der Waals surface area (Å²) in [5, 5.41) is 0.620. The van der Waals surface area contributed by atoms with E-state index in [-0.39, 0.29) is 17.2 Å². The van der Waals surface area contributed by atoms with Crippen LogP contribution in [0.15, 0.2) is 64.4 Å². The molecule has 0 N–H and O–H groups in total. The van der Waals surface area contributed by atoms with E-state index in [1.807, 2.05) is 69.3 Å². The van der Waals surface area contributed by atoms with Crippen LogP contribution in [0.3, 0.4) is 0 Å². The SMILES string of the molecule is Cc1ccccc1-n1c(=O)n(CC(C)C)c(=O)c2c1ncn2Cc1ccccc1Cl. The number of nitrogens with zero attached hydrogens (tertiary/aromatic N) is 4. The van der Waals surface area contributed by atoms with Crippen molar-refractivity contribution in [2.24, 2.45) is 5.92 Å². The largest absolute Gasteiger partial charge is 0.337 e. The van der Waals surface area contributed by atoms with Crippen LogP contribution in [-0.2, 0) is 13.1 Å². The summed E-state index contributed by atoms with van der Waals surface area (Å²) < 4.78 is 4.62. The van der Waals surface area contributed by atoms with Crippen LogP contribution >= 0.6 is 11.6 Å². The summed E-state index contributed by atoms with van der Waals surface area (Å²) in [5.41, 5.74) is 2.55. The Kier molecular flexibility index (Phi) is 5.35. The minimum absolute atomic E-state index is 0.137. The van der Waals surface area contributed by atoms with Crippen molar-refractivity contribution in [1.82, 2.24) is 18.7 Å². The lowest BCUT2D eigenvalue weighted by Crippen LogP contribution is -2.41. The van der Waals surface area contributed by atoms with Crippen molar-refractivity contribution in [3.63, 3.8) is 0 Å². The molecular weight excluding hydrogens is 400 g/mol. The van der Waals surface area contributed by atoms with E-state index in [4.69, 9.17) is 11.6 Å². The molecule has 2 aromatic carbocycles. The van der Waals surface area contributed by atoms with E-state index in [9.17, 15) is 9.59 Å². The van der Waals surface area contributed by atoms with Gasteiger partial charge in [0.2, 0.25) is 0 Å². The van der Waals surface area contributed by atoms with Gasteiger partial charge in [-0.2, -0.15) is 0 Å². The third-order valence-corrected chi connectivity index (χ3v) is 5.47. The maximum Gasteiger partial charge on any atom is 0.337 e. The number of benzene rings is 2. The van der Waals surface area contributed by atoms with Gasteiger partial charge in [0.15, 0.2) is 11.2 Å². The summed E-state index contributed by atoms with van der Waals surface area (Å²) in [6.07, 6.45) is 1.60. The molecule has 0 aliphatic carbocycles. The fourth-order valence-corrected chi connectivity index (χ4v) is 3.86. The van der Waals surface area contributed by atoms with Crippen LogP contribution in [0.5, 0.6) is 0 Å². The Morgan fingerprint density at radius 1 is 1.03 bits per heavy atom. The molecule has 4 aromatic rings. The van der Waals surface area contributed by atoms with Crippen LogP contribution in [0, 0.1) is 12.8 Å². The topological polar surface area (TPSA) is 61.8 Å². The quantitative estimate of drug-likeness (QED) is 0.488. The van der Waals surface area contributed by atoms with Crippen molar-refractivity contribution in [1.29, 1.82) is 0 Å². The first-order chi connectivity index (χ1) is 14.4. The first-order valence-electron chi connectivity index (χ1n) is 9.88. The zero-order valence-electron chi connectivity index (χ0n) is 17.2. The molecule has 7 heteroatoms. The normalized spacial score (nSPS) is 11.5. The minimum Gasteiger partial charge on any atom is -0.320 e. The second-order valence-corrected chi connectivity index (χ2v) is 8.26. The molecule has 30 heavy (non-hydrogen) atoms. The van der Waals surface area contributed by atoms with E-state index in [1.165, 1.54) is 9.13 Å². The Labute approximate surface area is 179 Å². The lowest BCUT2D eigenvalue weighted by atomic mass is 10.2. The van der Waals surface area contributed by atoms with E-state index < -0.39 is 0 Å². The summed E-state index contributed by atoms with van der Waals surface area (Å²) in [5.74, 6) is 0.137. The standard InChI is InChI=1S/C23H23ClN4O2/c1-15(2)12-27-22(29)20-21(28(23(27)30)19-11-7-4-8-16(19)3)25-14-26(20)13-17-9-5-6-10-18(17)24/h4-11,14-15H,12-13H2,1-3H3. The van der Waals surface area contributed by atoms with Crippen molar-refractivity contribution in [2.45, 2.75) is 33.9 Å². The minimum atomic E-state index is -0.376. The van der Waals surface area contributed by atoms with Crippen LogP contribution in [0.2, 0.25) is 5.02 Å². The van der Waals surface area contributed by atoms with Gasteiger partial charge in [-0.3, -0.25) is 9.36 Å². The van der Waals surface area contributed by atoms with Crippen LogP contribution < -0.4 is 11.2 Å². The Bertz CT molecular complexity index is 1350. The first kappa shape index (κ1) is 20.2. The molecule has 0 saturated carbocycles. The fourth-order valence-electron chi connectivity index (χ4n) is 3.67. The predicted molar refractivity (Wildman–Crippen MR) is 120 cm³/mol. The summed E-state index contributed by atoms with van der Waals surface area (Å²) >= 11 is 6.33. The maximum absolute atomic E-state index is 13.4. The number of hydrogen-bond donors (Lipinski definition) is 0. The highest BCUT2D eigenvalue weighted by atomic mass is 35.5. The number of fused-ring (bicyclic) bond motifs is 1. The molecule has 0 atom stereocenters. The number of rotatable bonds is 5. The number of para-hydroxylation sites is 1. The molecule has 0 unspecified atom stereocenters. The molecule has 0 spiro atoms. The van der Waals surface area contributed by atoms with Crippen molar-refractivity contribution >= 4 is 22.8 Å². The molecule has 2 heterocycles. The van der Waals surface area contributed by atoms with Gasteiger partial charge in [0, 0.05) is 11.6 Å². The number of hydrogen-bond acceptors (Lipinski definition) is 3. The second-order valence-electron chi connectivity index (χ2n) is 7.85. The van der Waals surface area contributed by atoms with Crippen LogP contribution in [0.4, 0.5) is 0 Å². The van der Waals surface area contributed by atoms with E-state index in [1.54, 1.807) is 10.9 Å². The maximum atomic E-state index is 13.4. The Morgan fingerprint density at radius 3 is 2.43 bits per heavy atom. The van der Waals surface area contributed by atoms with E-state index in [2.05, 4.69) is 4.98 Å². The van der Waals surface area contributed by atoms with Crippen molar-refractivity contribution in [2.75, 3.05) is 0 Å². The lowest BCUT2D eigenvalue weighted by molar-refractivity contribution is 0.489. The summed E-state index contributed by atoms with van der Waals surface area (Å²) in [7, 11) is 0. The van der Waals surface area contributed by atoms with Gasteiger partial charge in [-0.25, -0.2) is 14.3 Å². The summed E-state index contributed by atoms with van der Waals surface area (Å²) in [6, 6.07) is 15.1. The monoisotopic (exact) mass is 422 g/mol. The zero-order chi connectivity index (χ0) is 21.4. The molecule has 2 aromatic heterocycles. The highest BCUT2D eigenvalue weighted by molar-refractivity contribution is 6.31. The van der Waals surface area contributed by atoms with Gasteiger partial charge in [-0.05, 0) is 36.1 Å². The van der Waals surface area contributed by atoms with Crippen LogP contribution in [0.1, 0.15) is 25.0 Å². The summed E-state index contributed by atoms with van der Waals surface area (Å²) in [4.78, 5) is 31.2. The van der Waals surface area contributed by atoms with Crippen LogP contribution in [0.25, 0.3) is 16.9 Å². The molecule has 154 valence electrons. The Morgan fingerprint density at radius 2 is 1.73 bits per heavy atom. The van der Waals surface area contributed by atoms with Crippen molar-refractivity contribution < 1.29 is 0 Å². The highest BCUT2D eigenvalue weighted by Gasteiger charge is 2.20. The number of aryl methyl sites for hydroxylation is 1. The predicted octanol–water partition coefficient (Wildman–Crippen LogP) is 4.02. The number of imidazole rings is 1. The van der Waals surface area contributed by atoms with Gasteiger partial charge < -0.3 is 4.57 Å². The van der Waals surface area contributed by atoms with Crippen LogP contribution in [-0.4, -0.2) is 18.7 Å². The average molecular weight is 423 g/mol. The Balaban J connectivity index is 2.04. The second kappa shape index (κ2) is 7.95. The number of halogens is 1. The molecule has 0 fully saturated rings. The highest BCUT2D eigenvalue weighted by Crippen LogP contribution is 2.20. The molecule has 0 amide bonds. The van der Waals surface area contributed by atoms with E-state index >= 15 is 0 Å². The fraction of sp³-hybridized carbons (Fsp3) is 0.261. The number of aromatic nitrogens is 4. The third kappa shape index (κ3) is 3.48. The van der Waals surface area contributed by atoms with Gasteiger partial charge in [0.05, 0.1) is 18.6 Å². The third-order valence-electron chi connectivity index (χ3n) is 5.10.